The quantitative estimate of drug-likeness (QED) is 0.804. The second-order valence-corrected chi connectivity index (χ2v) is 6.33. The monoisotopic (exact) mass is 320 g/mol. The first kappa shape index (κ1) is 14.9. The van der Waals surface area contributed by atoms with Crippen LogP contribution in [-0.2, 0) is 17.8 Å². The molecule has 5 heteroatoms. The lowest BCUT2D eigenvalue weighted by Gasteiger charge is -2.25. The molecular weight excluding hydrogens is 300 g/mol. The molecule has 3 aromatic rings. The molecule has 0 fully saturated rings. The zero-order valence-corrected chi connectivity index (χ0v) is 13.5. The topological polar surface area (TPSA) is 59.8 Å². The Kier molecular flexibility index (Phi) is 3.99. The minimum Gasteiger partial charge on any atom is -0.354 e. The third-order valence-electron chi connectivity index (χ3n) is 4.75. The smallest absolute Gasteiger partial charge is 0.241 e. The highest BCUT2D eigenvalue weighted by atomic mass is 16.2. The van der Waals surface area contributed by atoms with E-state index in [0.29, 0.717) is 12.5 Å². The highest BCUT2D eigenvalue weighted by Gasteiger charge is 2.20. The van der Waals surface area contributed by atoms with Gasteiger partial charge < -0.3 is 5.32 Å². The van der Waals surface area contributed by atoms with E-state index in [2.05, 4.69) is 39.9 Å². The van der Waals surface area contributed by atoms with Gasteiger partial charge in [0.05, 0.1) is 5.52 Å². The first-order valence-corrected chi connectivity index (χ1v) is 8.44. The maximum absolute atomic E-state index is 12.3. The van der Waals surface area contributed by atoms with Crippen LogP contribution in [-0.4, -0.2) is 27.4 Å². The number of aryl methyl sites for hydroxylation is 1. The number of nitrogens with zero attached hydrogens (tertiary/aromatic N) is 3. The predicted octanol–water partition coefficient (Wildman–Crippen LogP) is 2.67. The molecule has 1 amide bonds. The van der Waals surface area contributed by atoms with Gasteiger partial charge in [-0.15, -0.1) is 5.10 Å². The van der Waals surface area contributed by atoms with Crippen LogP contribution in [0.4, 0.5) is 0 Å². The molecule has 1 heterocycles. The van der Waals surface area contributed by atoms with Crippen LogP contribution in [0.5, 0.6) is 0 Å². The van der Waals surface area contributed by atoms with Crippen molar-refractivity contribution in [1.82, 2.24) is 20.3 Å². The van der Waals surface area contributed by atoms with E-state index in [0.717, 1.165) is 23.9 Å². The third kappa shape index (κ3) is 2.89. The summed E-state index contributed by atoms with van der Waals surface area (Å²) >= 11 is 0. The van der Waals surface area contributed by atoms with Crippen molar-refractivity contribution in [3.63, 3.8) is 0 Å². The van der Waals surface area contributed by atoms with Crippen molar-refractivity contribution >= 4 is 16.9 Å². The summed E-state index contributed by atoms with van der Waals surface area (Å²) in [7, 11) is 0. The minimum atomic E-state index is -0.0197. The van der Waals surface area contributed by atoms with Gasteiger partial charge in [0.25, 0.3) is 0 Å². The molecule has 1 aliphatic carbocycles. The van der Waals surface area contributed by atoms with Crippen molar-refractivity contribution in [2.75, 3.05) is 6.54 Å². The van der Waals surface area contributed by atoms with Gasteiger partial charge in [0.15, 0.2) is 0 Å². The van der Waals surface area contributed by atoms with E-state index >= 15 is 0 Å². The van der Waals surface area contributed by atoms with Gasteiger partial charge in [-0.3, -0.25) is 4.79 Å². The van der Waals surface area contributed by atoms with Gasteiger partial charge in [0.1, 0.15) is 12.1 Å². The normalized spacial score (nSPS) is 16.8. The van der Waals surface area contributed by atoms with Gasteiger partial charge in [-0.2, -0.15) is 0 Å². The highest BCUT2D eigenvalue weighted by molar-refractivity contribution is 5.79. The Balaban J connectivity index is 1.41. The fourth-order valence-electron chi connectivity index (χ4n) is 3.53. The SMILES string of the molecule is O=C(Cn1nnc2ccccc21)NC[C@H]1CCCc2ccccc21. The summed E-state index contributed by atoms with van der Waals surface area (Å²) < 4.78 is 1.65. The molecular formula is C19H20N4O. The van der Waals surface area contributed by atoms with Crippen LogP contribution in [0.25, 0.3) is 11.0 Å². The van der Waals surface area contributed by atoms with Gasteiger partial charge in [0.2, 0.25) is 5.91 Å². The molecule has 1 atom stereocenters. The predicted molar refractivity (Wildman–Crippen MR) is 92.7 cm³/mol. The summed E-state index contributed by atoms with van der Waals surface area (Å²) in [4.78, 5) is 12.3. The number of carbonyl (C=O) groups is 1. The zero-order valence-electron chi connectivity index (χ0n) is 13.5. The number of nitrogens with one attached hydrogen (secondary N) is 1. The Morgan fingerprint density at radius 3 is 2.96 bits per heavy atom. The van der Waals surface area contributed by atoms with E-state index in [4.69, 9.17) is 0 Å². The molecule has 0 saturated heterocycles. The second kappa shape index (κ2) is 6.43. The molecule has 1 N–H and O–H groups in total. The molecule has 0 aliphatic heterocycles. The molecule has 4 rings (SSSR count). The maximum atomic E-state index is 12.3. The average molecular weight is 320 g/mol. The Labute approximate surface area is 140 Å². The maximum Gasteiger partial charge on any atom is 0.241 e. The molecule has 0 saturated carbocycles. The molecule has 5 nitrogen and oxygen atoms in total. The molecule has 0 unspecified atom stereocenters. The summed E-state index contributed by atoms with van der Waals surface area (Å²) in [6.45, 7) is 0.886. The second-order valence-electron chi connectivity index (χ2n) is 6.33. The van der Waals surface area contributed by atoms with E-state index in [1.807, 2.05) is 24.3 Å². The van der Waals surface area contributed by atoms with Crippen molar-refractivity contribution in [2.24, 2.45) is 0 Å². The lowest BCUT2D eigenvalue weighted by atomic mass is 9.83. The van der Waals surface area contributed by atoms with Crippen molar-refractivity contribution in [3.05, 3.63) is 59.7 Å². The van der Waals surface area contributed by atoms with Gasteiger partial charge >= 0.3 is 0 Å². The number of amides is 1. The van der Waals surface area contributed by atoms with Gasteiger partial charge in [0, 0.05) is 12.5 Å². The fourth-order valence-corrected chi connectivity index (χ4v) is 3.53. The van der Waals surface area contributed by atoms with Crippen LogP contribution in [0.2, 0.25) is 0 Å². The van der Waals surface area contributed by atoms with E-state index in [1.165, 1.54) is 17.5 Å². The molecule has 0 radical (unpaired) electrons. The third-order valence-corrected chi connectivity index (χ3v) is 4.75. The number of rotatable bonds is 4. The largest absolute Gasteiger partial charge is 0.354 e. The molecule has 1 aromatic heterocycles. The number of hydrogen-bond acceptors (Lipinski definition) is 3. The van der Waals surface area contributed by atoms with E-state index in [9.17, 15) is 4.79 Å². The van der Waals surface area contributed by atoms with Crippen molar-refractivity contribution in [3.8, 4) is 0 Å². The summed E-state index contributed by atoms with van der Waals surface area (Å²) in [5, 5.41) is 11.2. The Morgan fingerprint density at radius 1 is 1.17 bits per heavy atom. The van der Waals surface area contributed by atoms with Crippen LogP contribution in [0.1, 0.15) is 29.9 Å². The van der Waals surface area contributed by atoms with Crippen LogP contribution >= 0.6 is 0 Å². The summed E-state index contributed by atoms with van der Waals surface area (Å²) in [5.41, 5.74) is 4.50. The van der Waals surface area contributed by atoms with Crippen molar-refractivity contribution in [2.45, 2.75) is 31.7 Å². The number of carbonyl (C=O) groups excluding carboxylic acids is 1. The van der Waals surface area contributed by atoms with E-state index < -0.39 is 0 Å². The number of hydrogen-bond donors (Lipinski definition) is 1. The summed E-state index contributed by atoms with van der Waals surface area (Å²) in [6, 6.07) is 16.2. The number of benzene rings is 2. The van der Waals surface area contributed by atoms with Gasteiger partial charge in [-0.05, 0) is 42.5 Å². The fraction of sp³-hybridized carbons (Fsp3) is 0.316. The summed E-state index contributed by atoms with van der Waals surface area (Å²) in [5.74, 6) is 0.389. The van der Waals surface area contributed by atoms with Crippen molar-refractivity contribution < 1.29 is 4.79 Å². The van der Waals surface area contributed by atoms with Crippen molar-refractivity contribution in [1.29, 1.82) is 0 Å². The van der Waals surface area contributed by atoms with Gasteiger partial charge in [-0.1, -0.05) is 41.6 Å². The highest BCUT2D eigenvalue weighted by Crippen LogP contribution is 2.30. The first-order valence-electron chi connectivity index (χ1n) is 8.44. The lowest BCUT2D eigenvalue weighted by Crippen LogP contribution is -2.32. The van der Waals surface area contributed by atoms with Crippen LogP contribution in [0, 0.1) is 0 Å². The summed E-state index contributed by atoms with van der Waals surface area (Å²) in [6.07, 6.45) is 3.46. The molecule has 24 heavy (non-hydrogen) atoms. The van der Waals surface area contributed by atoms with Crippen LogP contribution < -0.4 is 5.32 Å². The van der Waals surface area contributed by atoms with Crippen LogP contribution in [0.3, 0.4) is 0 Å². The van der Waals surface area contributed by atoms with E-state index in [1.54, 1.807) is 4.68 Å². The Bertz CT molecular complexity index is 870. The molecule has 2 aromatic carbocycles. The van der Waals surface area contributed by atoms with Gasteiger partial charge in [-0.25, -0.2) is 4.68 Å². The lowest BCUT2D eigenvalue weighted by molar-refractivity contribution is -0.121. The molecule has 1 aliphatic rings. The van der Waals surface area contributed by atoms with E-state index in [-0.39, 0.29) is 12.5 Å². The average Bonchev–Trinajstić information content (AvgIpc) is 3.03. The first-order chi connectivity index (χ1) is 11.8. The zero-order chi connectivity index (χ0) is 16.4. The Morgan fingerprint density at radius 2 is 2.00 bits per heavy atom. The number of aromatic nitrogens is 3. The number of para-hydroxylation sites is 1. The minimum absolute atomic E-state index is 0.0197. The molecule has 0 spiro atoms. The number of fused-ring (bicyclic) bond motifs is 2. The molecule has 122 valence electrons. The van der Waals surface area contributed by atoms with Crippen LogP contribution in [0.15, 0.2) is 48.5 Å². The molecule has 0 bridgehead atoms. The standard InChI is InChI=1S/C19H20N4O/c24-19(13-23-18-11-4-3-10-17(18)21-22-23)20-12-15-8-5-7-14-6-1-2-9-16(14)15/h1-4,6,9-11,15H,5,7-8,12-13H2,(H,20,24)/t15-/m1/s1. The Hall–Kier alpha value is -2.69.